The van der Waals surface area contributed by atoms with E-state index in [9.17, 15) is 22.4 Å². The van der Waals surface area contributed by atoms with Crippen molar-refractivity contribution >= 4 is 27.3 Å². The Hall–Kier alpha value is -1.67. The maximum absolute atomic E-state index is 13.1. The van der Waals surface area contributed by atoms with Gasteiger partial charge in [0.15, 0.2) is 0 Å². The van der Waals surface area contributed by atoms with E-state index < -0.39 is 37.6 Å². The van der Waals surface area contributed by atoms with Crippen LogP contribution < -0.4 is 0 Å². The molecular formula is C13H11F4NO2S. The summed E-state index contributed by atoms with van der Waals surface area (Å²) in [4.78, 5) is 12.7. The van der Waals surface area contributed by atoms with E-state index in [-0.39, 0.29) is 4.88 Å². The summed E-state index contributed by atoms with van der Waals surface area (Å²) in [5.41, 5.74) is 0. The number of halogens is 4. The predicted octanol–water partition coefficient (Wildman–Crippen LogP) is 3.04. The second-order valence-corrected chi connectivity index (χ2v) is 5.44. The molecule has 0 radical (unpaired) electrons. The van der Waals surface area contributed by atoms with Gasteiger partial charge in [0.2, 0.25) is 0 Å². The Bertz CT molecular complexity index is 653. The van der Waals surface area contributed by atoms with Crippen LogP contribution in [0.1, 0.15) is 9.67 Å². The smallest absolute Gasteiger partial charge is 0.395 e. The van der Waals surface area contributed by atoms with Gasteiger partial charge in [-0.25, -0.2) is 4.39 Å². The minimum atomic E-state index is -4.55. The molecule has 0 saturated carbocycles. The minimum Gasteiger partial charge on any atom is -0.395 e. The van der Waals surface area contributed by atoms with Gasteiger partial charge in [0.1, 0.15) is 12.4 Å². The van der Waals surface area contributed by atoms with Crippen LogP contribution in [0.4, 0.5) is 17.6 Å². The first-order chi connectivity index (χ1) is 9.80. The Balaban J connectivity index is 2.29. The highest BCUT2D eigenvalue weighted by Gasteiger charge is 2.33. The fourth-order valence-corrected chi connectivity index (χ4v) is 2.88. The van der Waals surface area contributed by atoms with E-state index in [1.807, 2.05) is 0 Å². The van der Waals surface area contributed by atoms with Crippen molar-refractivity contribution in [3.63, 3.8) is 0 Å². The largest absolute Gasteiger partial charge is 0.406 e. The summed E-state index contributed by atoms with van der Waals surface area (Å²) in [6.07, 6.45) is -4.55. The third kappa shape index (κ3) is 3.92. The summed E-state index contributed by atoms with van der Waals surface area (Å²) in [6.45, 7) is -2.42. The number of amides is 1. The summed E-state index contributed by atoms with van der Waals surface area (Å²) >= 11 is 0.987. The molecule has 0 aliphatic heterocycles. The van der Waals surface area contributed by atoms with Gasteiger partial charge in [-0.3, -0.25) is 4.79 Å². The van der Waals surface area contributed by atoms with Crippen molar-refractivity contribution < 1.29 is 27.5 Å². The van der Waals surface area contributed by atoms with Crippen LogP contribution in [0.15, 0.2) is 24.3 Å². The second kappa shape index (κ2) is 5.98. The SMILES string of the molecule is O=C(c1cc2cc(F)ccc2s1)N(CCO)CC(F)(F)F. The third-order valence-electron chi connectivity index (χ3n) is 2.72. The lowest BCUT2D eigenvalue weighted by molar-refractivity contribution is -0.141. The topological polar surface area (TPSA) is 40.5 Å². The maximum Gasteiger partial charge on any atom is 0.406 e. The lowest BCUT2D eigenvalue weighted by atomic mass is 10.2. The molecule has 114 valence electrons. The molecule has 0 unspecified atom stereocenters. The molecule has 1 aromatic heterocycles. The highest BCUT2D eigenvalue weighted by atomic mass is 32.1. The van der Waals surface area contributed by atoms with Crippen molar-refractivity contribution in [1.29, 1.82) is 0 Å². The standard InChI is InChI=1S/C13H11F4NO2S/c14-9-1-2-10-8(5-9)6-11(21-10)12(20)18(3-4-19)7-13(15,16)17/h1-2,5-6,19H,3-4,7H2. The second-order valence-electron chi connectivity index (χ2n) is 4.36. The van der Waals surface area contributed by atoms with Gasteiger partial charge in [-0.2, -0.15) is 13.2 Å². The number of fused-ring (bicyclic) bond motifs is 1. The number of benzene rings is 1. The van der Waals surface area contributed by atoms with Gasteiger partial charge in [-0.05, 0) is 29.7 Å². The van der Waals surface area contributed by atoms with Gasteiger partial charge in [0, 0.05) is 11.2 Å². The number of carbonyl (C=O) groups is 1. The molecule has 0 bridgehead atoms. The Labute approximate surface area is 121 Å². The number of rotatable bonds is 4. The molecule has 1 N–H and O–H groups in total. The molecule has 3 nitrogen and oxygen atoms in total. The van der Waals surface area contributed by atoms with E-state index in [4.69, 9.17) is 5.11 Å². The Morgan fingerprint density at radius 3 is 2.62 bits per heavy atom. The first kappa shape index (κ1) is 15.7. The quantitative estimate of drug-likeness (QED) is 0.880. The van der Waals surface area contributed by atoms with E-state index in [0.717, 1.165) is 11.3 Å². The van der Waals surface area contributed by atoms with Gasteiger partial charge in [-0.1, -0.05) is 0 Å². The van der Waals surface area contributed by atoms with Gasteiger partial charge in [-0.15, -0.1) is 11.3 Å². The molecule has 1 aromatic carbocycles. The van der Waals surface area contributed by atoms with Crippen molar-refractivity contribution in [3.05, 3.63) is 35.0 Å². The van der Waals surface area contributed by atoms with E-state index in [1.165, 1.54) is 24.3 Å². The average Bonchev–Trinajstić information content (AvgIpc) is 2.78. The highest BCUT2D eigenvalue weighted by molar-refractivity contribution is 7.20. The van der Waals surface area contributed by atoms with Gasteiger partial charge in [0.25, 0.3) is 5.91 Å². The zero-order valence-electron chi connectivity index (χ0n) is 10.7. The van der Waals surface area contributed by atoms with Crippen molar-refractivity contribution in [3.8, 4) is 0 Å². The Morgan fingerprint density at radius 2 is 2.00 bits per heavy atom. The number of thiophene rings is 1. The lowest BCUT2D eigenvalue weighted by Gasteiger charge is -2.22. The number of hydrogen-bond donors (Lipinski definition) is 1. The van der Waals surface area contributed by atoms with Crippen molar-refractivity contribution in [2.45, 2.75) is 6.18 Å². The van der Waals surface area contributed by atoms with E-state index in [2.05, 4.69) is 0 Å². The Kier molecular flexibility index (Phi) is 4.48. The Morgan fingerprint density at radius 1 is 1.29 bits per heavy atom. The lowest BCUT2D eigenvalue weighted by Crippen LogP contribution is -2.40. The van der Waals surface area contributed by atoms with Crippen LogP contribution in [0.3, 0.4) is 0 Å². The molecule has 2 aromatic rings. The van der Waals surface area contributed by atoms with Crippen LogP contribution in [0.25, 0.3) is 10.1 Å². The molecule has 0 fully saturated rings. The molecule has 0 aliphatic rings. The van der Waals surface area contributed by atoms with Gasteiger partial charge in [0.05, 0.1) is 11.5 Å². The van der Waals surface area contributed by atoms with Crippen LogP contribution in [-0.4, -0.2) is 41.8 Å². The van der Waals surface area contributed by atoms with Crippen LogP contribution in [0.2, 0.25) is 0 Å². The van der Waals surface area contributed by atoms with Crippen LogP contribution in [0, 0.1) is 5.82 Å². The molecule has 0 spiro atoms. The van der Waals surface area contributed by atoms with Crippen molar-refractivity contribution in [1.82, 2.24) is 4.90 Å². The maximum atomic E-state index is 13.1. The monoisotopic (exact) mass is 321 g/mol. The number of aliphatic hydroxyl groups excluding tert-OH is 1. The molecule has 1 amide bonds. The fourth-order valence-electron chi connectivity index (χ4n) is 1.86. The minimum absolute atomic E-state index is 0.0771. The molecule has 1 heterocycles. The number of hydrogen-bond acceptors (Lipinski definition) is 3. The summed E-state index contributed by atoms with van der Waals surface area (Å²) in [5.74, 6) is -1.32. The number of alkyl halides is 3. The highest BCUT2D eigenvalue weighted by Crippen LogP contribution is 2.28. The van der Waals surface area contributed by atoms with Gasteiger partial charge >= 0.3 is 6.18 Å². The first-order valence-electron chi connectivity index (χ1n) is 5.96. The molecule has 2 rings (SSSR count). The average molecular weight is 321 g/mol. The normalized spacial score (nSPS) is 11.9. The van der Waals surface area contributed by atoms with Gasteiger partial charge < -0.3 is 10.0 Å². The molecule has 8 heteroatoms. The van der Waals surface area contributed by atoms with Crippen LogP contribution >= 0.6 is 11.3 Å². The fraction of sp³-hybridized carbons (Fsp3) is 0.308. The molecule has 0 aliphatic carbocycles. The molecule has 21 heavy (non-hydrogen) atoms. The summed E-state index contributed by atoms with van der Waals surface area (Å²) in [5, 5.41) is 9.26. The number of nitrogens with zero attached hydrogens (tertiary/aromatic N) is 1. The molecule has 0 atom stereocenters. The zero-order valence-corrected chi connectivity index (χ0v) is 11.5. The van der Waals surface area contributed by atoms with Crippen molar-refractivity contribution in [2.24, 2.45) is 0 Å². The summed E-state index contributed by atoms with van der Waals surface area (Å²) in [6, 6.07) is 5.25. The zero-order chi connectivity index (χ0) is 15.6. The molecule has 0 saturated heterocycles. The number of carbonyl (C=O) groups excluding carboxylic acids is 1. The summed E-state index contributed by atoms with van der Waals surface area (Å²) in [7, 11) is 0. The number of aliphatic hydroxyl groups is 1. The van der Waals surface area contributed by atoms with E-state index in [0.29, 0.717) is 15.0 Å². The third-order valence-corrected chi connectivity index (χ3v) is 3.82. The van der Waals surface area contributed by atoms with E-state index >= 15 is 0 Å². The molecular weight excluding hydrogens is 310 g/mol. The predicted molar refractivity (Wildman–Crippen MR) is 70.8 cm³/mol. The van der Waals surface area contributed by atoms with Crippen LogP contribution in [0.5, 0.6) is 0 Å². The van der Waals surface area contributed by atoms with Crippen molar-refractivity contribution in [2.75, 3.05) is 19.7 Å². The summed E-state index contributed by atoms with van der Waals surface area (Å²) < 4.78 is 51.0. The first-order valence-corrected chi connectivity index (χ1v) is 6.78. The van der Waals surface area contributed by atoms with E-state index in [1.54, 1.807) is 0 Å². The van der Waals surface area contributed by atoms with Crippen LogP contribution in [-0.2, 0) is 0 Å².